The molecule has 0 fully saturated rings. The van der Waals surface area contributed by atoms with Gasteiger partial charge < -0.3 is 10.0 Å². The Hall–Kier alpha value is -1.39. The second-order valence-electron chi connectivity index (χ2n) is 4.60. The maximum absolute atomic E-state index is 9.57. The number of hydrogen-bond donors (Lipinski definition) is 1. The first-order valence-electron chi connectivity index (χ1n) is 6.15. The zero-order valence-electron chi connectivity index (χ0n) is 11.0. The molecule has 19 heavy (non-hydrogen) atoms. The molecule has 100 valence electrons. The Labute approximate surface area is 122 Å². The van der Waals surface area contributed by atoms with Crippen molar-refractivity contribution in [1.29, 1.82) is 0 Å². The highest BCUT2D eigenvalue weighted by molar-refractivity contribution is 9.10. The molecule has 0 aliphatic rings. The van der Waals surface area contributed by atoms with Crippen LogP contribution < -0.4 is 4.90 Å². The van der Waals surface area contributed by atoms with Crippen LogP contribution in [-0.2, 0) is 6.54 Å². The van der Waals surface area contributed by atoms with Crippen LogP contribution in [0.4, 0.5) is 5.69 Å². The van der Waals surface area contributed by atoms with E-state index in [1.54, 1.807) is 13.1 Å². The van der Waals surface area contributed by atoms with Gasteiger partial charge in [-0.3, -0.25) is 4.98 Å². The molecule has 1 heterocycles. The fourth-order valence-electron chi connectivity index (χ4n) is 1.94. The summed E-state index contributed by atoms with van der Waals surface area (Å²) in [7, 11) is 2.04. The maximum Gasteiger partial charge on any atom is 0.0762 e. The zero-order chi connectivity index (χ0) is 13.8. The average Bonchev–Trinajstić information content (AvgIpc) is 2.39. The lowest BCUT2D eigenvalue weighted by atomic mass is 10.1. The van der Waals surface area contributed by atoms with Crippen molar-refractivity contribution in [2.75, 3.05) is 11.9 Å². The van der Waals surface area contributed by atoms with Crippen molar-refractivity contribution in [3.63, 3.8) is 0 Å². The van der Waals surface area contributed by atoms with Gasteiger partial charge in [-0.2, -0.15) is 0 Å². The van der Waals surface area contributed by atoms with Crippen molar-refractivity contribution in [2.24, 2.45) is 0 Å². The van der Waals surface area contributed by atoms with Crippen molar-refractivity contribution in [1.82, 2.24) is 4.98 Å². The Morgan fingerprint density at radius 3 is 2.74 bits per heavy atom. The molecule has 1 aromatic heterocycles. The summed E-state index contributed by atoms with van der Waals surface area (Å²) in [5.74, 6) is 0. The van der Waals surface area contributed by atoms with E-state index in [0.717, 1.165) is 27.8 Å². The van der Waals surface area contributed by atoms with Crippen molar-refractivity contribution in [3.8, 4) is 0 Å². The van der Waals surface area contributed by atoms with Gasteiger partial charge in [-0.1, -0.05) is 12.1 Å². The largest absolute Gasteiger partial charge is 0.389 e. The molecule has 2 aromatic rings. The average molecular weight is 321 g/mol. The lowest BCUT2D eigenvalue weighted by molar-refractivity contribution is 0.199. The number of benzene rings is 1. The summed E-state index contributed by atoms with van der Waals surface area (Å²) in [6.07, 6.45) is 3.19. The number of hydrogen-bond acceptors (Lipinski definition) is 3. The number of aromatic nitrogens is 1. The van der Waals surface area contributed by atoms with Crippen LogP contribution in [0.15, 0.2) is 47.2 Å². The number of aliphatic hydroxyl groups excluding tert-OH is 1. The normalized spacial score (nSPS) is 12.2. The summed E-state index contributed by atoms with van der Waals surface area (Å²) in [5.41, 5.74) is 3.16. The zero-order valence-corrected chi connectivity index (χ0v) is 12.6. The van der Waals surface area contributed by atoms with E-state index in [2.05, 4.69) is 31.9 Å². The Morgan fingerprint density at radius 2 is 2.16 bits per heavy atom. The van der Waals surface area contributed by atoms with Gasteiger partial charge in [0.2, 0.25) is 0 Å². The van der Waals surface area contributed by atoms with E-state index in [1.165, 1.54) is 0 Å². The molecular weight excluding hydrogens is 304 g/mol. The van der Waals surface area contributed by atoms with Gasteiger partial charge in [-0.25, -0.2) is 0 Å². The minimum absolute atomic E-state index is 0.450. The first kappa shape index (κ1) is 14.0. The molecule has 0 spiro atoms. The monoisotopic (exact) mass is 320 g/mol. The molecule has 1 atom stereocenters. The molecule has 0 aliphatic carbocycles. The van der Waals surface area contributed by atoms with Crippen LogP contribution in [0.5, 0.6) is 0 Å². The second-order valence-corrected chi connectivity index (χ2v) is 5.46. The lowest BCUT2D eigenvalue weighted by Gasteiger charge is -2.21. The van der Waals surface area contributed by atoms with Crippen molar-refractivity contribution < 1.29 is 5.11 Å². The molecule has 1 N–H and O–H groups in total. The highest BCUT2D eigenvalue weighted by Crippen LogP contribution is 2.29. The molecule has 3 nitrogen and oxygen atoms in total. The van der Waals surface area contributed by atoms with Gasteiger partial charge >= 0.3 is 0 Å². The van der Waals surface area contributed by atoms with Gasteiger partial charge in [0.25, 0.3) is 0 Å². The summed E-state index contributed by atoms with van der Waals surface area (Å²) >= 11 is 3.56. The Morgan fingerprint density at radius 1 is 1.37 bits per heavy atom. The summed E-state index contributed by atoms with van der Waals surface area (Å²) in [4.78, 5) is 6.27. The standard InChI is InChI=1S/C15H17BrN2O/c1-11(19)13-5-6-15(14(16)8-13)18(2)10-12-4-3-7-17-9-12/h3-9,11,19H,10H2,1-2H3/t11-/m1/s1. The predicted octanol–water partition coefficient (Wildman–Crippen LogP) is 3.53. The number of pyridine rings is 1. The predicted molar refractivity (Wildman–Crippen MR) is 81.1 cm³/mol. The van der Waals surface area contributed by atoms with Crippen LogP contribution in [-0.4, -0.2) is 17.1 Å². The number of rotatable bonds is 4. The third-order valence-corrected chi connectivity index (χ3v) is 3.64. The van der Waals surface area contributed by atoms with E-state index in [0.29, 0.717) is 0 Å². The molecule has 0 saturated heterocycles. The molecule has 4 heteroatoms. The smallest absolute Gasteiger partial charge is 0.0762 e. The third-order valence-electron chi connectivity index (χ3n) is 3.01. The first-order valence-corrected chi connectivity index (χ1v) is 6.95. The Kier molecular flexibility index (Phi) is 4.56. The summed E-state index contributed by atoms with van der Waals surface area (Å²) in [5, 5.41) is 9.57. The molecule has 0 bridgehead atoms. The fourth-order valence-corrected chi connectivity index (χ4v) is 2.64. The maximum atomic E-state index is 9.57. The van der Waals surface area contributed by atoms with Gasteiger partial charge in [-0.05, 0) is 52.2 Å². The molecule has 2 rings (SSSR count). The van der Waals surface area contributed by atoms with Crippen LogP contribution in [0, 0.1) is 0 Å². The number of nitrogens with zero attached hydrogens (tertiary/aromatic N) is 2. The summed E-state index contributed by atoms with van der Waals surface area (Å²) < 4.78 is 0.984. The highest BCUT2D eigenvalue weighted by atomic mass is 79.9. The lowest BCUT2D eigenvalue weighted by Crippen LogP contribution is -2.17. The van der Waals surface area contributed by atoms with Crippen LogP contribution in [0.2, 0.25) is 0 Å². The van der Waals surface area contributed by atoms with E-state index in [1.807, 2.05) is 37.5 Å². The second kappa shape index (κ2) is 6.17. The van der Waals surface area contributed by atoms with Crippen LogP contribution in [0.25, 0.3) is 0 Å². The quantitative estimate of drug-likeness (QED) is 0.936. The van der Waals surface area contributed by atoms with Crippen molar-refractivity contribution >= 4 is 21.6 Å². The third kappa shape index (κ3) is 3.55. The summed E-state index contributed by atoms with van der Waals surface area (Å²) in [6.45, 7) is 2.56. The van der Waals surface area contributed by atoms with Gasteiger partial charge in [0, 0.05) is 30.5 Å². The number of halogens is 1. The van der Waals surface area contributed by atoms with Gasteiger partial charge in [0.05, 0.1) is 11.8 Å². The van der Waals surface area contributed by atoms with Crippen molar-refractivity contribution in [2.45, 2.75) is 19.6 Å². The molecule has 0 aliphatic heterocycles. The van der Waals surface area contributed by atoms with Gasteiger partial charge in [0.1, 0.15) is 0 Å². The first-order chi connectivity index (χ1) is 9.08. The van der Waals surface area contributed by atoms with E-state index in [4.69, 9.17) is 0 Å². The number of anilines is 1. The summed E-state index contributed by atoms with van der Waals surface area (Å²) in [6, 6.07) is 9.92. The van der Waals surface area contributed by atoms with E-state index >= 15 is 0 Å². The molecular formula is C15H17BrN2O. The highest BCUT2D eigenvalue weighted by Gasteiger charge is 2.09. The van der Waals surface area contributed by atoms with E-state index in [9.17, 15) is 5.11 Å². The molecule has 0 radical (unpaired) electrons. The topological polar surface area (TPSA) is 36.4 Å². The van der Waals surface area contributed by atoms with Gasteiger partial charge in [-0.15, -0.1) is 0 Å². The molecule has 0 saturated carbocycles. The molecule has 0 amide bonds. The fraction of sp³-hybridized carbons (Fsp3) is 0.267. The SMILES string of the molecule is C[C@@H](O)c1ccc(N(C)Cc2cccnc2)c(Br)c1. The van der Waals surface area contributed by atoms with Crippen molar-refractivity contribution in [3.05, 3.63) is 58.3 Å². The minimum atomic E-state index is -0.450. The Bertz CT molecular complexity index is 543. The van der Waals surface area contributed by atoms with E-state index in [-0.39, 0.29) is 0 Å². The van der Waals surface area contributed by atoms with Crippen LogP contribution in [0.1, 0.15) is 24.2 Å². The van der Waals surface area contributed by atoms with Crippen LogP contribution in [0.3, 0.4) is 0 Å². The Balaban J connectivity index is 2.17. The molecule has 0 unspecified atom stereocenters. The minimum Gasteiger partial charge on any atom is -0.389 e. The van der Waals surface area contributed by atoms with E-state index < -0.39 is 6.10 Å². The number of aliphatic hydroxyl groups is 1. The van der Waals surface area contributed by atoms with Gasteiger partial charge in [0.15, 0.2) is 0 Å². The van der Waals surface area contributed by atoms with Crippen LogP contribution >= 0.6 is 15.9 Å². The molecule has 1 aromatic carbocycles.